The van der Waals surface area contributed by atoms with Gasteiger partial charge in [-0.05, 0) is 42.5 Å². The number of nitrogens with one attached hydrogen (secondary N) is 2. The van der Waals surface area contributed by atoms with Gasteiger partial charge in [-0.3, -0.25) is 4.90 Å². The second-order valence-corrected chi connectivity index (χ2v) is 8.66. The molecule has 8 nitrogen and oxygen atoms in total. The first kappa shape index (κ1) is 23.7. The molecule has 0 radical (unpaired) electrons. The van der Waals surface area contributed by atoms with Crippen molar-refractivity contribution >= 4 is 29.0 Å². The van der Waals surface area contributed by atoms with Crippen LogP contribution in [0.2, 0.25) is 5.02 Å². The summed E-state index contributed by atoms with van der Waals surface area (Å²) in [4.78, 5) is 16.6. The molecule has 0 unspecified atom stereocenters. The molecule has 2 fully saturated rings. The zero-order valence-electron chi connectivity index (χ0n) is 18.0. The number of aliphatic hydroxyl groups excluding tert-OH is 2. The van der Waals surface area contributed by atoms with Crippen LogP contribution in [0, 0.1) is 5.82 Å². The highest BCUT2D eigenvalue weighted by molar-refractivity contribution is 6.30. The van der Waals surface area contributed by atoms with Crippen LogP contribution in [0.3, 0.4) is 0 Å². The van der Waals surface area contributed by atoms with Crippen LogP contribution >= 0.6 is 11.6 Å². The Morgan fingerprint density at radius 1 is 1.12 bits per heavy atom. The SMILES string of the molecule is O=C(NC[C@H]1O[C@@H](CO)[C@@H](O)[C@H]1N1CCN(c2ccc(F)cc2)CC1)Nc1cccc(Cl)c1. The summed E-state index contributed by atoms with van der Waals surface area (Å²) in [5.74, 6) is -0.270. The zero-order valence-corrected chi connectivity index (χ0v) is 18.8. The predicted octanol–water partition coefficient (Wildman–Crippen LogP) is 1.91. The van der Waals surface area contributed by atoms with Crippen LogP contribution in [0.4, 0.5) is 20.6 Å². The van der Waals surface area contributed by atoms with Gasteiger partial charge in [-0.1, -0.05) is 17.7 Å². The van der Waals surface area contributed by atoms with Crippen LogP contribution in [0.25, 0.3) is 0 Å². The average molecular weight is 479 g/mol. The van der Waals surface area contributed by atoms with Crippen LogP contribution in [-0.4, -0.2) is 84.8 Å². The highest BCUT2D eigenvalue weighted by Gasteiger charge is 2.46. The Bertz CT molecular complexity index is 942. The molecular formula is C23H28ClFN4O4. The maximum absolute atomic E-state index is 13.2. The molecule has 4 rings (SSSR count). The van der Waals surface area contributed by atoms with Gasteiger partial charge in [0.05, 0.1) is 18.8 Å². The van der Waals surface area contributed by atoms with E-state index in [1.807, 2.05) is 0 Å². The van der Waals surface area contributed by atoms with Crippen molar-refractivity contribution in [3.05, 3.63) is 59.4 Å². The van der Waals surface area contributed by atoms with Gasteiger partial charge in [-0.15, -0.1) is 0 Å². The fraction of sp³-hybridized carbons (Fsp3) is 0.435. The number of rotatable bonds is 6. The number of benzene rings is 2. The van der Waals surface area contributed by atoms with Crippen molar-refractivity contribution < 1.29 is 24.1 Å². The number of aliphatic hydroxyl groups is 2. The first-order chi connectivity index (χ1) is 15.9. The van der Waals surface area contributed by atoms with Crippen molar-refractivity contribution in [1.29, 1.82) is 0 Å². The lowest BCUT2D eigenvalue weighted by molar-refractivity contribution is -0.0205. The molecular weight excluding hydrogens is 451 g/mol. The van der Waals surface area contributed by atoms with Crippen molar-refractivity contribution in [3.63, 3.8) is 0 Å². The number of amides is 2. The Morgan fingerprint density at radius 3 is 2.52 bits per heavy atom. The van der Waals surface area contributed by atoms with Gasteiger partial charge in [0.1, 0.15) is 18.0 Å². The van der Waals surface area contributed by atoms with Crippen LogP contribution in [0.5, 0.6) is 0 Å². The summed E-state index contributed by atoms with van der Waals surface area (Å²) in [6, 6.07) is 12.4. The average Bonchev–Trinajstić information content (AvgIpc) is 3.13. The lowest BCUT2D eigenvalue weighted by atomic mass is 10.0. The lowest BCUT2D eigenvalue weighted by Gasteiger charge is -2.41. The normalized spacial score (nSPS) is 25.8. The Morgan fingerprint density at radius 2 is 1.85 bits per heavy atom. The minimum atomic E-state index is -0.879. The van der Waals surface area contributed by atoms with E-state index in [-0.39, 0.29) is 25.0 Å². The number of halogens is 2. The molecule has 2 amide bonds. The number of hydrogen-bond donors (Lipinski definition) is 4. The van der Waals surface area contributed by atoms with Crippen molar-refractivity contribution in [1.82, 2.24) is 10.2 Å². The third kappa shape index (κ3) is 5.74. The quantitative estimate of drug-likeness (QED) is 0.506. The summed E-state index contributed by atoms with van der Waals surface area (Å²) in [7, 11) is 0. The van der Waals surface area contributed by atoms with E-state index in [4.69, 9.17) is 16.3 Å². The molecule has 2 heterocycles. The fourth-order valence-electron chi connectivity index (χ4n) is 4.46. The van der Waals surface area contributed by atoms with E-state index in [1.165, 1.54) is 12.1 Å². The summed E-state index contributed by atoms with van der Waals surface area (Å²) in [5.41, 5.74) is 1.51. The van der Waals surface area contributed by atoms with E-state index in [0.717, 1.165) is 5.69 Å². The largest absolute Gasteiger partial charge is 0.394 e. The van der Waals surface area contributed by atoms with Crippen LogP contribution in [0.1, 0.15) is 0 Å². The molecule has 33 heavy (non-hydrogen) atoms. The Hall–Kier alpha value is -2.43. The number of carbonyl (C=O) groups excluding carboxylic acids is 1. The van der Waals surface area contributed by atoms with Gasteiger partial charge >= 0.3 is 6.03 Å². The van der Waals surface area contributed by atoms with Gasteiger partial charge in [-0.25, -0.2) is 9.18 Å². The smallest absolute Gasteiger partial charge is 0.319 e. The maximum Gasteiger partial charge on any atom is 0.319 e. The highest BCUT2D eigenvalue weighted by atomic mass is 35.5. The Labute approximate surface area is 196 Å². The van der Waals surface area contributed by atoms with E-state index in [0.29, 0.717) is 36.9 Å². The first-order valence-corrected chi connectivity index (χ1v) is 11.3. The first-order valence-electron chi connectivity index (χ1n) is 10.9. The van der Waals surface area contributed by atoms with Crippen molar-refractivity contribution in [2.24, 2.45) is 0 Å². The number of urea groups is 1. The molecule has 2 aromatic carbocycles. The highest BCUT2D eigenvalue weighted by Crippen LogP contribution is 2.28. The van der Waals surface area contributed by atoms with E-state index >= 15 is 0 Å². The number of carbonyl (C=O) groups is 1. The van der Waals surface area contributed by atoms with E-state index in [9.17, 15) is 19.4 Å². The molecule has 2 aliphatic heterocycles. The maximum atomic E-state index is 13.2. The van der Waals surface area contributed by atoms with Crippen LogP contribution in [0.15, 0.2) is 48.5 Å². The number of ether oxygens (including phenoxy) is 1. The number of piperazine rings is 1. The molecule has 4 atom stereocenters. The molecule has 10 heteroatoms. The molecule has 0 bridgehead atoms. The van der Waals surface area contributed by atoms with Crippen LogP contribution in [-0.2, 0) is 4.74 Å². The van der Waals surface area contributed by atoms with Gasteiger partial charge in [0.2, 0.25) is 0 Å². The Balaban J connectivity index is 1.35. The molecule has 2 aromatic rings. The summed E-state index contributed by atoms with van der Waals surface area (Å²) >= 11 is 5.95. The standard InChI is InChI=1S/C23H28ClFN4O4/c24-15-2-1-3-17(12-15)27-23(32)26-13-19-21(22(31)20(14-30)33-19)29-10-8-28(9-11-29)18-6-4-16(25)5-7-18/h1-7,12,19-22,30-31H,8-11,13-14H2,(H2,26,27,32)/t19-,20+,21+,22-/m1/s1. The van der Waals surface area contributed by atoms with E-state index in [2.05, 4.69) is 20.4 Å². The molecule has 2 saturated heterocycles. The molecule has 0 aromatic heterocycles. The summed E-state index contributed by atoms with van der Waals surface area (Å²) in [6.07, 6.45) is -2.08. The second kappa shape index (κ2) is 10.7. The summed E-state index contributed by atoms with van der Waals surface area (Å²) in [5, 5.41) is 26.4. The number of hydrogen-bond acceptors (Lipinski definition) is 6. The molecule has 0 spiro atoms. The molecule has 178 valence electrons. The van der Waals surface area contributed by atoms with Crippen LogP contribution < -0.4 is 15.5 Å². The van der Waals surface area contributed by atoms with Crippen molar-refractivity contribution in [2.45, 2.75) is 24.4 Å². The fourth-order valence-corrected chi connectivity index (χ4v) is 4.65. The van der Waals surface area contributed by atoms with Crippen molar-refractivity contribution in [2.75, 3.05) is 49.5 Å². The van der Waals surface area contributed by atoms with E-state index < -0.39 is 24.3 Å². The van der Waals surface area contributed by atoms with Gasteiger partial charge < -0.3 is 30.5 Å². The van der Waals surface area contributed by atoms with Gasteiger partial charge in [0, 0.05) is 49.1 Å². The molecule has 2 aliphatic rings. The molecule has 0 aliphatic carbocycles. The second-order valence-electron chi connectivity index (χ2n) is 8.22. The number of anilines is 2. The summed E-state index contributed by atoms with van der Waals surface area (Å²) < 4.78 is 19.1. The molecule has 4 N–H and O–H groups in total. The third-order valence-corrected chi connectivity index (χ3v) is 6.35. The van der Waals surface area contributed by atoms with Crippen molar-refractivity contribution in [3.8, 4) is 0 Å². The molecule has 0 saturated carbocycles. The van der Waals surface area contributed by atoms with Gasteiger partial charge in [0.25, 0.3) is 0 Å². The predicted molar refractivity (Wildman–Crippen MR) is 124 cm³/mol. The van der Waals surface area contributed by atoms with E-state index in [1.54, 1.807) is 36.4 Å². The van der Waals surface area contributed by atoms with Gasteiger partial charge in [-0.2, -0.15) is 0 Å². The number of nitrogens with zero attached hydrogens (tertiary/aromatic N) is 2. The van der Waals surface area contributed by atoms with Gasteiger partial charge in [0.15, 0.2) is 0 Å². The Kier molecular flexibility index (Phi) is 7.67. The minimum absolute atomic E-state index is 0.169. The third-order valence-electron chi connectivity index (χ3n) is 6.12. The lowest BCUT2D eigenvalue weighted by Crippen LogP contribution is -2.57. The topological polar surface area (TPSA) is 97.3 Å². The summed E-state index contributed by atoms with van der Waals surface area (Å²) in [6.45, 7) is 2.58. The zero-order chi connectivity index (χ0) is 23.4. The minimum Gasteiger partial charge on any atom is -0.394 e. The monoisotopic (exact) mass is 478 g/mol.